The van der Waals surface area contributed by atoms with Crippen LogP contribution in [0, 0.1) is 18.2 Å². The molecule has 1 aliphatic carbocycles. The molecule has 0 unspecified atom stereocenters. The highest BCUT2D eigenvalue weighted by atomic mass is 79.9. The molecule has 1 aromatic carbocycles. The number of Topliss-reactive ketones (excluding diaryl/α,β-unsaturated/α-hetero) is 1. The van der Waals surface area contributed by atoms with Gasteiger partial charge in [-0.05, 0) is 59.0 Å². The van der Waals surface area contributed by atoms with Gasteiger partial charge in [0.15, 0.2) is 5.78 Å². The maximum Gasteiger partial charge on any atom is 0.165 e. The monoisotopic (exact) mass is 349 g/mol. The minimum absolute atomic E-state index is 0.0425. The molecule has 1 heterocycles. The third-order valence-corrected chi connectivity index (χ3v) is 4.66. The molecule has 0 spiro atoms. The van der Waals surface area contributed by atoms with E-state index in [2.05, 4.69) is 34.3 Å². The van der Waals surface area contributed by atoms with Crippen LogP contribution in [0.25, 0.3) is 5.69 Å². The number of hydrogen-bond acceptors (Lipinski definition) is 1. The van der Waals surface area contributed by atoms with Crippen molar-refractivity contribution in [1.29, 1.82) is 0 Å². The van der Waals surface area contributed by atoms with Crippen LogP contribution in [0.1, 0.15) is 42.0 Å². The van der Waals surface area contributed by atoms with E-state index in [1.54, 1.807) is 6.07 Å². The molecular formula is C17H17BrFNO. The molecule has 0 radical (unpaired) electrons. The third kappa shape index (κ3) is 2.46. The number of aryl methyl sites for hydroxylation is 1. The Labute approximate surface area is 132 Å². The lowest BCUT2D eigenvalue weighted by molar-refractivity contribution is 0.0911. The van der Waals surface area contributed by atoms with Gasteiger partial charge in [0.2, 0.25) is 0 Å². The Morgan fingerprint density at radius 1 is 1.24 bits per heavy atom. The van der Waals surface area contributed by atoms with E-state index in [0.29, 0.717) is 10.9 Å². The van der Waals surface area contributed by atoms with Crippen molar-refractivity contribution >= 4 is 21.7 Å². The van der Waals surface area contributed by atoms with Crippen molar-refractivity contribution in [2.45, 2.75) is 33.6 Å². The molecule has 0 fully saturated rings. The molecule has 0 aliphatic heterocycles. The van der Waals surface area contributed by atoms with Crippen LogP contribution in [-0.4, -0.2) is 10.4 Å². The molecule has 0 N–H and O–H groups in total. The molecule has 2 aromatic rings. The van der Waals surface area contributed by atoms with Crippen molar-refractivity contribution in [3.05, 3.63) is 51.5 Å². The lowest BCUT2D eigenvalue weighted by Gasteiger charge is -2.30. The first-order valence-corrected chi connectivity index (χ1v) is 7.78. The van der Waals surface area contributed by atoms with Crippen molar-refractivity contribution in [1.82, 2.24) is 4.57 Å². The minimum Gasteiger partial charge on any atom is -0.316 e. The lowest BCUT2D eigenvalue weighted by Crippen LogP contribution is -2.27. The van der Waals surface area contributed by atoms with E-state index in [4.69, 9.17) is 0 Å². The summed E-state index contributed by atoms with van der Waals surface area (Å²) in [6.45, 7) is 6.20. The van der Waals surface area contributed by atoms with Gasteiger partial charge >= 0.3 is 0 Å². The van der Waals surface area contributed by atoms with E-state index < -0.39 is 0 Å². The van der Waals surface area contributed by atoms with Gasteiger partial charge in [-0.3, -0.25) is 4.79 Å². The summed E-state index contributed by atoms with van der Waals surface area (Å²) < 4.78 is 16.1. The molecule has 1 aromatic heterocycles. The first-order valence-electron chi connectivity index (χ1n) is 6.98. The first-order chi connectivity index (χ1) is 9.78. The molecule has 3 rings (SSSR count). The third-order valence-electron chi connectivity index (χ3n) is 4.02. The molecule has 21 heavy (non-hydrogen) atoms. The number of nitrogens with zero attached hydrogens (tertiary/aromatic N) is 1. The molecule has 0 saturated carbocycles. The van der Waals surface area contributed by atoms with Crippen LogP contribution < -0.4 is 0 Å². The standard InChI is InChI=1S/C17H17BrFNO/c1-10-6-12-15(8-17(2,3)9-16(12)21)20(10)14-5-4-11(19)7-13(14)18/h4-7H,8-9H2,1-3H3. The van der Waals surface area contributed by atoms with Gasteiger partial charge in [-0.1, -0.05) is 13.8 Å². The Bertz CT molecular complexity index is 745. The summed E-state index contributed by atoms with van der Waals surface area (Å²) in [5.74, 6) is -0.0814. The predicted octanol–water partition coefficient (Wildman–Crippen LogP) is 4.84. The highest BCUT2D eigenvalue weighted by molar-refractivity contribution is 9.10. The van der Waals surface area contributed by atoms with E-state index in [-0.39, 0.29) is 17.0 Å². The van der Waals surface area contributed by atoms with Crippen LogP contribution in [0.3, 0.4) is 0 Å². The topological polar surface area (TPSA) is 22.0 Å². The predicted molar refractivity (Wildman–Crippen MR) is 84.6 cm³/mol. The van der Waals surface area contributed by atoms with E-state index in [1.807, 2.05) is 13.0 Å². The Kier molecular flexibility index (Phi) is 3.32. The zero-order valence-corrected chi connectivity index (χ0v) is 13.9. The Hall–Kier alpha value is -1.42. The highest BCUT2D eigenvalue weighted by Crippen LogP contribution is 2.38. The Morgan fingerprint density at radius 3 is 2.62 bits per heavy atom. The van der Waals surface area contributed by atoms with E-state index in [9.17, 15) is 9.18 Å². The highest BCUT2D eigenvalue weighted by Gasteiger charge is 2.34. The number of ketones is 1. The van der Waals surface area contributed by atoms with Crippen LogP contribution in [0.15, 0.2) is 28.7 Å². The molecule has 4 heteroatoms. The maximum atomic E-state index is 13.3. The van der Waals surface area contributed by atoms with Crippen LogP contribution in [-0.2, 0) is 6.42 Å². The summed E-state index contributed by atoms with van der Waals surface area (Å²) >= 11 is 3.43. The lowest BCUT2D eigenvalue weighted by atomic mass is 9.76. The number of halogens is 2. The number of fused-ring (bicyclic) bond motifs is 1. The summed E-state index contributed by atoms with van der Waals surface area (Å²) in [5.41, 5.74) is 3.67. The SMILES string of the molecule is Cc1cc2c(n1-c1ccc(F)cc1Br)CC(C)(C)CC2=O. The van der Waals surface area contributed by atoms with Gasteiger partial charge in [0.1, 0.15) is 5.82 Å². The van der Waals surface area contributed by atoms with Crippen molar-refractivity contribution < 1.29 is 9.18 Å². The zero-order chi connectivity index (χ0) is 15.4. The van der Waals surface area contributed by atoms with Crippen molar-refractivity contribution in [3.8, 4) is 5.69 Å². The average molecular weight is 350 g/mol. The second-order valence-electron chi connectivity index (χ2n) is 6.52. The molecule has 0 bridgehead atoms. The fourth-order valence-electron chi connectivity index (χ4n) is 3.15. The smallest absolute Gasteiger partial charge is 0.165 e. The van der Waals surface area contributed by atoms with Gasteiger partial charge in [-0.15, -0.1) is 0 Å². The molecule has 110 valence electrons. The van der Waals surface area contributed by atoms with Crippen LogP contribution in [0.4, 0.5) is 4.39 Å². The first kappa shape index (κ1) is 14.5. The van der Waals surface area contributed by atoms with Crippen molar-refractivity contribution in [3.63, 3.8) is 0 Å². The molecule has 0 atom stereocenters. The number of rotatable bonds is 1. The number of carbonyl (C=O) groups is 1. The van der Waals surface area contributed by atoms with Crippen molar-refractivity contribution in [2.75, 3.05) is 0 Å². The van der Waals surface area contributed by atoms with Crippen molar-refractivity contribution in [2.24, 2.45) is 5.41 Å². The Balaban J connectivity index is 2.23. The number of carbonyl (C=O) groups excluding carboxylic acids is 1. The van der Waals surface area contributed by atoms with Crippen LogP contribution in [0.2, 0.25) is 0 Å². The zero-order valence-electron chi connectivity index (χ0n) is 12.3. The number of aromatic nitrogens is 1. The second-order valence-corrected chi connectivity index (χ2v) is 7.37. The summed E-state index contributed by atoms with van der Waals surface area (Å²) in [6, 6.07) is 6.60. The van der Waals surface area contributed by atoms with Gasteiger partial charge < -0.3 is 4.57 Å². The normalized spacial score (nSPS) is 16.9. The summed E-state index contributed by atoms with van der Waals surface area (Å²) in [7, 11) is 0. The van der Waals surface area contributed by atoms with Gasteiger partial charge in [-0.2, -0.15) is 0 Å². The molecule has 2 nitrogen and oxygen atoms in total. The fourth-order valence-corrected chi connectivity index (χ4v) is 3.68. The summed E-state index contributed by atoms with van der Waals surface area (Å²) in [5, 5.41) is 0. The molecule has 0 saturated heterocycles. The fraction of sp³-hybridized carbons (Fsp3) is 0.353. The van der Waals surface area contributed by atoms with Gasteiger partial charge in [0, 0.05) is 27.8 Å². The van der Waals surface area contributed by atoms with Gasteiger partial charge in [0.05, 0.1) is 5.69 Å². The average Bonchev–Trinajstić information content (AvgIpc) is 2.65. The van der Waals surface area contributed by atoms with E-state index in [0.717, 1.165) is 29.1 Å². The number of hydrogen-bond donors (Lipinski definition) is 0. The molecular weight excluding hydrogens is 333 g/mol. The van der Waals surface area contributed by atoms with E-state index in [1.165, 1.54) is 12.1 Å². The largest absolute Gasteiger partial charge is 0.316 e. The van der Waals surface area contributed by atoms with Gasteiger partial charge in [0.25, 0.3) is 0 Å². The van der Waals surface area contributed by atoms with E-state index >= 15 is 0 Å². The van der Waals surface area contributed by atoms with Crippen LogP contribution in [0.5, 0.6) is 0 Å². The molecule has 0 amide bonds. The minimum atomic E-state index is -0.277. The number of benzene rings is 1. The Morgan fingerprint density at radius 2 is 1.95 bits per heavy atom. The second kappa shape index (κ2) is 4.80. The molecule has 1 aliphatic rings. The summed E-state index contributed by atoms with van der Waals surface area (Å²) in [4.78, 5) is 12.4. The van der Waals surface area contributed by atoms with Gasteiger partial charge in [-0.25, -0.2) is 4.39 Å². The van der Waals surface area contributed by atoms with Crippen LogP contribution >= 0.6 is 15.9 Å². The quantitative estimate of drug-likeness (QED) is 0.721. The summed E-state index contributed by atoms with van der Waals surface area (Å²) in [6.07, 6.45) is 1.42. The maximum absolute atomic E-state index is 13.3.